The van der Waals surface area contributed by atoms with Crippen molar-refractivity contribution in [1.29, 1.82) is 0 Å². The van der Waals surface area contributed by atoms with Gasteiger partial charge in [0.05, 0.1) is 0 Å². The Labute approximate surface area is 152 Å². The maximum absolute atomic E-state index is 12.6. The summed E-state index contributed by atoms with van der Waals surface area (Å²) in [6, 6.07) is 17.8. The summed E-state index contributed by atoms with van der Waals surface area (Å²) < 4.78 is 0. The fraction of sp³-hybridized carbons (Fsp3) is 0.286. The van der Waals surface area contributed by atoms with Crippen LogP contribution in [-0.2, 0) is 0 Å². The minimum absolute atomic E-state index is 0.0973. The minimum Gasteiger partial charge on any atom is -0.508 e. The number of phenols is 1. The average Bonchev–Trinajstić information content (AvgIpc) is 3.28. The Bertz CT molecular complexity index is 919. The van der Waals surface area contributed by atoms with Gasteiger partial charge in [-0.25, -0.2) is 0 Å². The molecule has 1 amide bonds. The third kappa shape index (κ3) is 3.30. The maximum atomic E-state index is 12.6. The van der Waals surface area contributed by atoms with Crippen LogP contribution in [0.25, 0.3) is 10.9 Å². The molecule has 1 aliphatic heterocycles. The molecule has 5 heteroatoms. The Kier molecular flexibility index (Phi) is 4.39. The standard InChI is InChI=1S/C21H23N3O2/c1-14(15-5-3-2-4-6-15)24-10-9-17(13-24)22-21(26)20-11-16-7-8-18(25)12-19(16)23-20/h2-8,11-12,14,17,23,25H,9-10,13H2,1H3,(H,22,26). The summed E-state index contributed by atoms with van der Waals surface area (Å²) in [5, 5.41) is 13.6. The van der Waals surface area contributed by atoms with E-state index in [0.29, 0.717) is 11.7 Å². The van der Waals surface area contributed by atoms with Gasteiger partial charge in [0.25, 0.3) is 5.91 Å². The average molecular weight is 349 g/mol. The van der Waals surface area contributed by atoms with Crippen molar-refractivity contribution in [2.75, 3.05) is 13.1 Å². The van der Waals surface area contributed by atoms with Crippen LogP contribution in [0.2, 0.25) is 0 Å². The van der Waals surface area contributed by atoms with Crippen molar-refractivity contribution >= 4 is 16.8 Å². The number of amides is 1. The van der Waals surface area contributed by atoms with Crippen LogP contribution in [0.5, 0.6) is 5.75 Å². The van der Waals surface area contributed by atoms with E-state index < -0.39 is 0 Å². The monoisotopic (exact) mass is 349 g/mol. The molecular formula is C21H23N3O2. The zero-order valence-electron chi connectivity index (χ0n) is 14.8. The summed E-state index contributed by atoms with van der Waals surface area (Å²) in [5.74, 6) is 0.0903. The molecule has 0 bridgehead atoms. The number of benzene rings is 2. The van der Waals surface area contributed by atoms with Crippen molar-refractivity contribution in [1.82, 2.24) is 15.2 Å². The van der Waals surface area contributed by atoms with Gasteiger partial charge >= 0.3 is 0 Å². The van der Waals surface area contributed by atoms with Crippen molar-refractivity contribution in [2.45, 2.75) is 25.4 Å². The third-order valence-corrected chi connectivity index (χ3v) is 5.24. The topological polar surface area (TPSA) is 68.4 Å². The molecule has 1 saturated heterocycles. The smallest absolute Gasteiger partial charge is 0.267 e. The van der Waals surface area contributed by atoms with Crippen LogP contribution < -0.4 is 5.32 Å². The van der Waals surface area contributed by atoms with Crippen LogP contribution in [0.15, 0.2) is 54.6 Å². The number of aromatic hydroxyl groups is 1. The second-order valence-corrected chi connectivity index (χ2v) is 7.00. The lowest BCUT2D eigenvalue weighted by molar-refractivity contribution is 0.0932. The molecule has 1 aromatic heterocycles. The number of fused-ring (bicyclic) bond motifs is 1. The van der Waals surface area contributed by atoms with E-state index in [1.54, 1.807) is 18.2 Å². The predicted octanol–water partition coefficient (Wildman–Crippen LogP) is 3.44. The van der Waals surface area contributed by atoms with E-state index in [9.17, 15) is 9.90 Å². The molecule has 5 nitrogen and oxygen atoms in total. The van der Waals surface area contributed by atoms with Crippen LogP contribution in [0.4, 0.5) is 0 Å². The number of carbonyl (C=O) groups is 1. The molecule has 4 rings (SSSR count). The molecule has 3 aromatic rings. The van der Waals surface area contributed by atoms with E-state index in [0.717, 1.165) is 30.4 Å². The summed E-state index contributed by atoms with van der Waals surface area (Å²) in [5.41, 5.74) is 2.59. The normalized spacial score (nSPS) is 18.9. The first-order chi connectivity index (χ1) is 12.6. The van der Waals surface area contributed by atoms with Crippen LogP contribution in [-0.4, -0.2) is 40.0 Å². The zero-order valence-corrected chi connectivity index (χ0v) is 14.8. The molecule has 0 aliphatic carbocycles. The van der Waals surface area contributed by atoms with Gasteiger partial charge in [0, 0.05) is 42.1 Å². The van der Waals surface area contributed by atoms with Gasteiger partial charge in [-0.15, -0.1) is 0 Å². The summed E-state index contributed by atoms with van der Waals surface area (Å²) >= 11 is 0. The number of aromatic amines is 1. The molecule has 2 aromatic carbocycles. The fourth-order valence-corrected chi connectivity index (χ4v) is 3.70. The van der Waals surface area contributed by atoms with E-state index in [-0.39, 0.29) is 17.7 Å². The lowest BCUT2D eigenvalue weighted by atomic mass is 10.1. The molecular weight excluding hydrogens is 326 g/mol. The second-order valence-electron chi connectivity index (χ2n) is 7.00. The number of hydrogen-bond donors (Lipinski definition) is 3. The Morgan fingerprint density at radius 3 is 2.85 bits per heavy atom. The lowest BCUT2D eigenvalue weighted by Gasteiger charge is -2.24. The van der Waals surface area contributed by atoms with E-state index in [1.807, 2.05) is 12.1 Å². The number of nitrogens with zero attached hydrogens (tertiary/aromatic N) is 1. The van der Waals surface area contributed by atoms with Crippen LogP contribution >= 0.6 is 0 Å². The summed E-state index contributed by atoms with van der Waals surface area (Å²) in [6.45, 7) is 4.04. The van der Waals surface area contributed by atoms with Crippen molar-refractivity contribution in [3.05, 3.63) is 65.9 Å². The van der Waals surface area contributed by atoms with Crippen LogP contribution in [0, 0.1) is 0 Å². The number of aromatic nitrogens is 1. The fourth-order valence-electron chi connectivity index (χ4n) is 3.70. The molecule has 1 aliphatic rings. The Hall–Kier alpha value is -2.79. The minimum atomic E-state index is -0.0973. The Morgan fingerprint density at radius 2 is 2.04 bits per heavy atom. The van der Waals surface area contributed by atoms with E-state index >= 15 is 0 Å². The summed E-state index contributed by atoms with van der Waals surface area (Å²) in [4.78, 5) is 18.1. The molecule has 0 spiro atoms. The highest BCUT2D eigenvalue weighted by atomic mass is 16.3. The molecule has 3 N–H and O–H groups in total. The maximum Gasteiger partial charge on any atom is 0.267 e. The molecule has 1 fully saturated rings. The van der Waals surface area contributed by atoms with Crippen molar-refractivity contribution in [2.24, 2.45) is 0 Å². The highest BCUT2D eigenvalue weighted by Crippen LogP contribution is 2.25. The number of phenolic OH excluding ortho intramolecular Hbond substituents is 1. The van der Waals surface area contributed by atoms with Crippen molar-refractivity contribution in [3.8, 4) is 5.75 Å². The number of likely N-dealkylation sites (tertiary alicyclic amines) is 1. The van der Waals surface area contributed by atoms with Crippen molar-refractivity contribution < 1.29 is 9.90 Å². The van der Waals surface area contributed by atoms with E-state index in [2.05, 4.69) is 46.4 Å². The molecule has 26 heavy (non-hydrogen) atoms. The number of rotatable bonds is 4. The summed E-state index contributed by atoms with van der Waals surface area (Å²) in [6.07, 6.45) is 0.948. The van der Waals surface area contributed by atoms with Crippen molar-refractivity contribution in [3.63, 3.8) is 0 Å². The zero-order chi connectivity index (χ0) is 18.1. The van der Waals surface area contributed by atoms with Gasteiger partial charge in [-0.3, -0.25) is 9.69 Å². The van der Waals surface area contributed by atoms with Gasteiger partial charge in [0.15, 0.2) is 0 Å². The first-order valence-electron chi connectivity index (χ1n) is 9.02. The highest BCUT2D eigenvalue weighted by molar-refractivity contribution is 5.98. The number of nitrogens with one attached hydrogen (secondary N) is 2. The molecule has 0 saturated carbocycles. The molecule has 0 radical (unpaired) electrons. The van der Waals surface area contributed by atoms with Gasteiger partial charge in [0.1, 0.15) is 11.4 Å². The second kappa shape index (κ2) is 6.84. The largest absolute Gasteiger partial charge is 0.508 e. The van der Waals surface area contributed by atoms with Gasteiger partial charge in [-0.2, -0.15) is 0 Å². The first kappa shape index (κ1) is 16.7. The quantitative estimate of drug-likeness (QED) is 0.676. The number of H-pyrrole nitrogens is 1. The third-order valence-electron chi connectivity index (χ3n) is 5.24. The lowest BCUT2D eigenvalue weighted by Crippen LogP contribution is -2.37. The van der Waals surface area contributed by atoms with Crippen LogP contribution in [0.1, 0.15) is 35.4 Å². The van der Waals surface area contributed by atoms with Gasteiger partial charge < -0.3 is 15.4 Å². The number of carbonyl (C=O) groups excluding carboxylic acids is 1. The predicted molar refractivity (Wildman–Crippen MR) is 102 cm³/mol. The highest BCUT2D eigenvalue weighted by Gasteiger charge is 2.28. The van der Waals surface area contributed by atoms with Gasteiger partial charge in [-0.05, 0) is 37.1 Å². The van der Waals surface area contributed by atoms with E-state index in [4.69, 9.17) is 0 Å². The van der Waals surface area contributed by atoms with Gasteiger partial charge in [0.2, 0.25) is 0 Å². The first-order valence-corrected chi connectivity index (χ1v) is 9.02. The number of hydrogen-bond acceptors (Lipinski definition) is 3. The van der Waals surface area contributed by atoms with Gasteiger partial charge in [-0.1, -0.05) is 30.3 Å². The molecule has 2 heterocycles. The SMILES string of the molecule is CC(c1ccccc1)N1CCC(NC(=O)c2cc3ccc(O)cc3[nH]2)C1. The van der Waals surface area contributed by atoms with E-state index in [1.165, 1.54) is 5.56 Å². The summed E-state index contributed by atoms with van der Waals surface area (Å²) in [7, 11) is 0. The molecule has 134 valence electrons. The molecule has 2 atom stereocenters. The van der Waals surface area contributed by atoms with Crippen LogP contribution in [0.3, 0.4) is 0 Å². The molecule has 2 unspecified atom stereocenters. The Morgan fingerprint density at radius 1 is 1.23 bits per heavy atom. The Balaban J connectivity index is 1.40.